The highest BCUT2D eigenvalue weighted by Gasteiger charge is 2.13. The molecule has 4 rings (SSSR count). The van der Waals surface area contributed by atoms with Crippen LogP contribution in [0, 0.1) is 0 Å². The van der Waals surface area contributed by atoms with Gasteiger partial charge in [-0.15, -0.1) is 0 Å². The van der Waals surface area contributed by atoms with Crippen LogP contribution < -0.4 is 20.9 Å². The predicted molar refractivity (Wildman–Crippen MR) is 120 cm³/mol. The van der Waals surface area contributed by atoms with Crippen molar-refractivity contribution < 1.29 is 14.3 Å². The van der Waals surface area contributed by atoms with Crippen molar-refractivity contribution in [3.05, 3.63) is 90.1 Å². The topological polar surface area (TPSA) is 95.2 Å². The summed E-state index contributed by atoms with van der Waals surface area (Å²) in [6.07, 6.45) is 1.95. The maximum Gasteiger partial charge on any atom is 0.271 e. The number of amides is 2. The van der Waals surface area contributed by atoms with Crippen LogP contribution in [-0.4, -0.2) is 23.9 Å². The van der Waals surface area contributed by atoms with E-state index in [0.29, 0.717) is 11.3 Å². The Balaban J connectivity index is 1.39. The predicted octanol–water partition coefficient (Wildman–Crippen LogP) is 3.92. The van der Waals surface area contributed by atoms with Crippen LogP contribution >= 0.6 is 0 Å². The fourth-order valence-electron chi connectivity index (χ4n) is 3.31. The molecule has 4 N–H and O–H groups in total. The van der Waals surface area contributed by atoms with Gasteiger partial charge in [-0.3, -0.25) is 20.4 Å². The van der Waals surface area contributed by atoms with Crippen LogP contribution in [0.1, 0.15) is 15.9 Å². The fourth-order valence-corrected chi connectivity index (χ4v) is 3.31. The van der Waals surface area contributed by atoms with E-state index in [2.05, 4.69) is 21.2 Å². The van der Waals surface area contributed by atoms with Crippen molar-refractivity contribution in [2.75, 3.05) is 12.4 Å². The zero-order chi connectivity index (χ0) is 21.6. The quantitative estimate of drug-likeness (QED) is 0.360. The van der Waals surface area contributed by atoms with Crippen molar-refractivity contribution in [1.29, 1.82) is 0 Å². The van der Waals surface area contributed by atoms with Gasteiger partial charge in [0.05, 0.1) is 24.8 Å². The third-order valence-corrected chi connectivity index (χ3v) is 4.88. The molecule has 1 aromatic heterocycles. The normalized spacial score (nSPS) is 10.5. The van der Waals surface area contributed by atoms with E-state index in [1.807, 2.05) is 54.6 Å². The molecule has 0 fully saturated rings. The van der Waals surface area contributed by atoms with Crippen LogP contribution in [0.15, 0.2) is 79.0 Å². The minimum absolute atomic E-state index is 0.149. The SMILES string of the molecule is COc1ccc(Nc2ccccc2C(=O)NNC(=O)Cc2c[nH]c3ccccc23)cc1. The first-order valence-electron chi connectivity index (χ1n) is 9.78. The van der Waals surface area contributed by atoms with Crippen molar-refractivity contribution >= 4 is 34.1 Å². The van der Waals surface area contributed by atoms with Crippen LogP contribution in [-0.2, 0) is 11.2 Å². The van der Waals surface area contributed by atoms with Gasteiger partial charge in [0.1, 0.15) is 5.75 Å². The summed E-state index contributed by atoms with van der Waals surface area (Å²) >= 11 is 0. The molecule has 2 amide bonds. The number of nitrogens with one attached hydrogen (secondary N) is 4. The number of carbonyl (C=O) groups is 2. The summed E-state index contributed by atoms with van der Waals surface area (Å²) in [5.74, 6) is 0.0251. The van der Waals surface area contributed by atoms with Gasteiger partial charge in [0.2, 0.25) is 5.91 Å². The number of fused-ring (bicyclic) bond motifs is 1. The second kappa shape index (κ2) is 9.04. The molecule has 0 unspecified atom stereocenters. The van der Waals surface area contributed by atoms with Gasteiger partial charge in [0.15, 0.2) is 0 Å². The van der Waals surface area contributed by atoms with Gasteiger partial charge in [-0.1, -0.05) is 30.3 Å². The first-order valence-corrected chi connectivity index (χ1v) is 9.78. The fraction of sp³-hybridized carbons (Fsp3) is 0.0833. The van der Waals surface area contributed by atoms with Crippen molar-refractivity contribution in [3.8, 4) is 5.75 Å². The minimum Gasteiger partial charge on any atom is -0.497 e. The Kier molecular flexibility index (Phi) is 5.84. The maximum absolute atomic E-state index is 12.7. The van der Waals surface area contributed by atoms with Crippen LogP contribution in [0.5, 0.6) is 5.75 Å². The molecule has 0 aliphatic rings. The standard InChI is InChI=1S/C24H22N4O3/c1-31-18-12-10-17(11-13-18)26-22-9-5-3-7-20(22)24(30)28-27-23(29)14-16-15-25-21-8-4-2-6-19(16)21/h2-13,15,25-26H,14H2,1H3,(H,27,29)(H,28,30). The average Bonchev–Trinajstić information content (AvgIpc) is 3.21. The molecule has 0 radical (unpaired) electrons. The molecule has 31 heavy (non-hydrogen) atoms. The van der Waals surface area contributed by atoms with Gasteiger partial charge in [-0.05, 0) is 48.0 Å². The van der Waals surface area contributed by atoms with Crippen molar-refractivity contribution in [1.82, 2.24) is 15.8 Å². The Morgan fingerprint density at radius 3 is 2.45 bits per heavy atom. The molecular formula is C24H22N4O3. The highest BCUT2D eigenvalue weighted by atomic mass is 16.5. The van der Waals surface area contributed by atoms with E-state index in [4.69, 9.17) is 4.74 Å². The van der Waals surface area contributed by atoms with Gasteiger partial charge >= 0.3 is 0 Å². The molecule has 7 heteroatoms. The molecule has 156 valence electrons. The molecule has 0 atom stereocenters. The van der Waals surface area contributed by atoms with Crippen LogP contribution in [0.25, 0.3) is 10.9 Å². The third-order valence-electron chi connectivity index (χ3n) is 4.88. The molecule has 0 saturated heterocycles. The minimum atomic E-state index is -0.413. The number of rotatable bonds is 6. The number of H-pyrrole nitrogens is 1. The van der Waals surface area contributed by atoms with Gasteiger partial charge in [-0.2, -0.15) is 0 Å². The third kappa shape index (κ3) is 4.67. The Morgan fingerprint density at radius 1 is 0.903 bits per heavy atom. The largest absolute Gasteiger partial charge is 0.497 e. The lowest BCUT2D eigenvalue weighted by atomic mass is 10.1. The summed E-state index contributed by atoms with van der Waals surface area (Å²) in [5, 5.41) is 4.20. The van der Waals surface area contributed by atoms with Crippen LogP contribution in [0.3, 0.4) is 0 Å². The highest BCUT2D eigenvalue weighted by molar-refractivity contribution is 6.01. The number of ether oxygens (including phenoxy) is 1. The van der Waals surface area contributed by atoms with E-state index in [0.717, 1.165) is 27.9 Å². The lowest BCUT2D eigenvalue weighted by Crippen LogP contribution is -2.42. The van der Waals surface area contributed by atoms with Gasteiger partial charge in [-0.25, -0.2) is 0 Å². The number of hydrogen-bond acceptors (Lipinski definition) is 4. The summed E-state index contributed by atoms with van der Waals surface area (Å²) in [5.41, 5.74) is 8.66. The summed E-state index contributed by atoms with van der Waals surface area (Å²) in [6.45, 7) is 0. The van der Waals surface area contributed by atoms with E-state index in [9.17, 15) is 9.59 Å². The molecule has 0 bridgehead atoms. The first-order chi connectivity index (χ1) is 15.1. The van der Waals surface area contributed by atoms with E-state index < -0.39 is 5.91 Å². The van der Waals surface area contributed by atoms with Crippen molar-refractivity contribution in [3.63, 3.8) is 0 Å². The smallest absolute Gasteiger partial charge is 0.271 e. The zero-order valence-electron chi connectivity index (χ0n) is 16.9. The molecule has 0 spiro atoms. The van der Waals surface area contributed by atoms with E-state index in [-0.39, 0.29) is 12.3 Å². The van der Waals surface area contributed by atoms with E-state index >= 15 is 0 Å². The Labute approximate surface area is 179 Å². The lowest BCUT2D eigenvalue weighted by molar-refractivity contribution is -0.121. The number of hydrazine groups is 1. The van der Waals surface area contributed by atoms with Gasteiger partial charge in [0, 0.05) is 22.8 Å². The Morgan fingerprint density at radius 2 is 1.65 bits per heavy atom. The van der Waals surface area contributed by atoms with E-state index in [1.165, 1.54) is 0 Å². The number of hydrogen-bond donors (Lipinski definition) is 4. The number of benzene rings is 3. The van der Waals surface area contributed by atoms with E-state index in [1.54, 1.807) is 31.5 Å². The number of para-hydroxylation sites is 2. The average molecular weight is 414 g/mol. The molecule has 0 aliphatic carbocycles. The summed E-state index contributed by atoms with van der Waals surface area (Å²) in [6, 6.07) is 22.2. The molecule has 1 heterocycles. The lowest BCUT2D eigenvalue weighted by Gasteiger charge is -2.13. The van der Waals surface area contributed by atoms with Crippen molar-refractivity contribution in [2.45, 2.75) is 6.42 Å². The number of aromatic amines is 1. The number of carbonyl (C=O) groups excluding carboxylic acids is 2. The number of aromatic nitrogens is 1. The molecule has 4 aromatic rings. The second-order valence-electron chi connectivity index (χ2n) is 6.94. The first kappa shape index (κ1) is 20.0. The summed E-state index contributed by atoms with van der Waals surface area (Å²) in [7, 11) is 1.61. The molecule has 0 saturated carbocycles. The van der Waals surface area contributed by atoms with Gasteiger partial charge < -0.3 is 15.0 Å². The number of methoxy groups -OCH3 is 1. The highest BCUT2D eigenvalue weighted by Crippen LogP contribution is 2.23. The Bertz CT molecular complexity index is 1210. The molecule has 0 aliphatic heterocycles. The van der Waals surface area contributed by atoms with Crippen LogP contribution in [0.4, 0.5) is 11.4 Å². The van der Waals surface area contributed by atoms with Crippen LogP contribution in [0.2, 0.25) is 0 Å². The summed E-state index contributed by atoms with van der Waals surface area (Å²) in [4.78, 5) is 28.2. The Hall–Kier alpha value is -4.26. The molecule has 7 nitrogen and oxygen atoms in total. The second-order valence-corrected chi connectivity index (χ2v) is 6.94. The monoisotopic (exact) mass is 414 g/mol. The molecule has 3 aromatic carbocycles. The maximum atomic E-state index is 12.7. The summed E-state index contributed by atoms with van der Waals surface area (Å²) < 4.78 is 5.16. The van der Waals surface area contributed by atoms with Crippen molar-refractivity contribution in [2.24, 2.45) is 0 Å². The van der Waals surface area contributed by atoms with Gasteiger partial charge in [0.25, 0.3) is 5.91 Å². The number of anilines is 2. The zero-order valence-corrected chi connectivity index (χ0v) is 16.9. The molecular weight excluding hydrogens is 392 g/mol.